The molecule has 2 rings (SSSR count). The van der Waals surface area contributed by atoms with Crippen molar-refractivity contribution in [1.29, 1.82) is 0 Å². The number of hydrogen-bond acceptors (Lipinski definition) is 3. The van der Waals surface area contributed by atoms with E-state index in [0.717, 1.165) is 25.1 Å². The molecule has 1 unspecified atom stereocenters. The average Bonchev–Trinajstić information content (AvgIpc) is 2.53. The first-order valence-electron chi connectivity index (χ1n) is 4.22. The maximum absolute atomic E-state index is 9.55. The molecule has 0 radical (unpaired) electrons. The first kappa shape index (κ1) is 7.55. The molecule has 0 amide bonds. The van der Waals surface area contributed by atoms with Crippen LogP contribution in [0.4, 0.5) is 5.69 Å². The van der Waals surface area contributed by atoms with Gasteiger partial charge in [0.2, 0.25) is 0 Å². The van der Waals surface area contributed by atoms with E-state index in [1.54, 1.807) is 12.4 Å². The predicted octanol–water partition coefficient (Wildman–Crippen LogP) is 1.00. The Morgan fingerprint density at radius 3 is 2.75 bits per heavy atom. The molecule has 0 spiro atoms. The van der Waals surface area contributed by atoms with Gasteiger partial charge in [0.05, 0.1) is 0 Å². The minimum absolute atomic E-state index is 0.299. The Bertz CT molecular complexity index is 250. The average molecular weight is 164 g/mol. The summed E-state index contributed by atoms with van der Waals surface area (Å²) in [6, 6.07) is 3.85. The highest BCUT2D eigenvalue weighted by Gasteiger charge is 2.21. The van der Waals surface area contributed by atoms with Gasteiger partial charge in [-0.15, -0.1) is 0 Å². The van der Waals surface area contributed by atoms with Crippen molar-refractivity contribution >= 4 is 5.69 Å². The van der Waals surface area contributed by atoms with Gasteiger partial charge in [0.25, 0.3) is 0 Å². The van der Waals surface area contributed by atoms with Crippen LogP contribution in [0.2, 0.25) is 0 Å². The number of aromatic nitrogens is 1. The lowest BCUT2D eigenvalue weighted by atomic mass is 10.3. The Hall–Kier alpha value is -1.09. The summed E-state index contributed by atoms with van der Waals surface area (Å²) in [5, 5.41) is 9.55. The van der Waals surface area contributed by atoms with Gasteiger partial charge >= 0.3 is 0 Å². The quantitative estimate of drug-likeness (QED) is 0.672. The van der Waals surface area contributed by atoms with Crippen LogP contribution in [-0.4, -0.2) is 22.9 Å². The minimum Gasteiger partial charge on any atom is -0.374 e. The molecular formula is C9H12N2O. The van der Waals surface area contributed by atoms with Crippen LogP contribution < -0.4 is 4.90 Å². The molecule has 12 heavy (non-hydrogen) atoms. The number of rotatable bonds is 1. The third-order valence-electron chi connectivity index (χ3n) is 2.22. The lowest BCUT2D eigenvalue weighted by molar-refractivity contribution is 0.185. The van der Waals surface area contributed by atoms with Gasteiger partial charge in [-0.2, -0.15) is 0 Å². The molecule has 1 atom stereocenters. The molecule has 1 aliphatic heterocycles. The zero-order chi connectivity index (χ0) is 8.39. The van der Waals surface area contributed by atoms with Gasteiger partial charge in [0.1, 0.15) is 6.23 Å². The van der Waals surface area contributed by atoms with E-state index in [-0.39, 0.29) is 6.23 Å². The van der Waals surface area contributed by atoms with Crippen molar-refractivity contribution in [2.45, 2.75) is 19.1 Å². The van der Waals surface area contributed by atoms with E-state index in [2.05, 4.69) is 4.98 Å². The fraction of sp³-hybridized carbons (Fsp3) is 0.444. The lowest BCUT2D eigenvalue weighted by Gasteiger charge is -2.21. The van der Waals surface area contributed by atoms with Gasteiger partial charge in [-0.05, 0) is 25.0 Å². The highest BCUT2D eigenvalue weighted by molar-refractivity contribution is 5.45. The van der Waals surface area contributed by atoms with E-state index in [0.29, 0.717) is 0 Å². The minimum atomic E-state index is -0.299. The number of anilines is 1. The third kappa shape index (κ3) is 1.28. The molecule has 1 saturated heterocycles. The second-order valence-electron chi connectivity index (χ2n) is 3.02. The standard InChI is InChI=1S/C9H12N2O/c12-9-2-1-7-11(9)8-3-5-10-6-4-8/h3-6,9,12H,1-2,7H2. The SMILES string of the molecule is OC1CCCN1c1ccncc1. The molecule has 3 heteroatoms. The first-order chi connectivity index (χ1) is 5.88. The summed E-state index contributed by atoms with van der Waals surface area (Å²) < 4.78 is 0. The molecule has 3 nitrogen and oxygen atoms in total. The van der Waals surface area contributed by atoms with Crippen LogP contribution in [-0.2, 0) is 0 Å². The summed E-state index contributed by atoms with van der Waals surface area (Å²) >= 11 is 0. The normalized spacial score (nSPS) is 23.1. The van der Waals surface area contributed by atoms with Gasteiger partial charge in [-0.3, -0.25) is 4.98 Å². The summed E-state index contributed by atoms with van der Waals surface area (Å²) in [6.45, 7) is 0.950. The summed E-state index contributed by atoms with van der Waals surface area (Å²) in [5.41, 5.74) is 1.06. The monoisotopic (exact) mass is 164 g/mol. The van der Waals surface area contributed by atoms with E-state index in [1.807, 2.05) is 17.0 Å². The molecule has 0 aromatic carbocycles. The van der Waals surface area contributed by atoms with Crippen LogP contribution in [0.1, 0.15) is 12.8 Å². The highest BCUT2D eigenvalue weighted by Crippen LogP contribution is 2.22. The number of aliphatic hydroxyl groups excluding tert-OH is 1. The fourth-order valence-electron chi connectivity index (χ4n) is 1.59. The zero-order valence-corrected chi connectivity index (χ0v) is 6.85. The topological polar surface area (TPSA) is 36.4 Å². The van der Waals surface area contributed by atoms with Crippen molar-refractivity contribution in [2.75, 3.05) is 11.4 Å². The molecule has 2 heterocycles. The van der Waals surface area contributed by atoms with Crippen molar-refractivity contribution in [3.63, 3.8) is 0 Å². The molecule has 0 bridgehead atoms. The van der Waals surface area contributed by atoms with Crippen molar-refractivity contribution < 1.29 is 5.11 Å². The zero-order valence-electron chi connectivity index (χ0n) is 6.85. The second kappa shape index (κ2) is 3.11. The Morgan fingerprint density at radius 2 is 2.17 bits per heavy atom. The highest BCUT2D eigenvalue weighted by atomic mass is 16.3. The third-order valence-corrected chi connectivity index (χ3v) is 2.22. The molecule has 1 aromatic rings. The van der Waals surface area contributed by atoms with Gasteiger partial charge < -0.3 is 10.0 Å². The summed E-state index contributed by atoms with van der Waals surface area (Å²) in [6.07, 6.45) is 5.15. The van der Waals surface area contributed by atoms with Crippen molar-refractivity contribution in [3.8, 4) is 0 Å². The largest absolute Gasteiger partial charge is 0.374 e. The number of pyridine rings is 1. The van der Waals surface area contributed by atoms with E-state index >= 15 is 0 Å². The van der Waals surface area contributed by atoms with Gasteiger partial charge in [-0.1, -0.05) is 0 Å². The molecule has 1 fully saturated rings. The second-order valence-corrected chi connectivity index (χ2v) is 3.02. The van der Waals surface area contributed by atoms with Crippen LogP contribution in [0.25, 0.3) is 0 Å². The molecular weight excluding hydrogens is 152 g/mol. The molecule has 1 aromatic heterocycles. The summed E-state index contributed by atoms with van der Waals surface area (Å²) in [7, 11) is 0. The smallest absolute Gasteiger partial charge is 0.126 e. The molecule has 1 N–H and O–H groups in total. The molecule has 0 saturated carbocycles. The summed E-state index contributed by atoms with van der Waals surface area (Å²) in [5.74, 6) is 0. The van der Waals surface area contributed by atoms with Gasteiger partial charge in [-0.25, -0.2) is 0 Å². The number of nitrogens with zero attached hydrogens (tertiary/aromatic N) is 2. The van der Waals surface area contributed by atoms with E-state index in [4.69, 9.17) is 0 Å². The fourth-order valence-corrected chi connectivity index (χ4v) is 1.59. The predicted molar refractivity (Wildman–Crippen MR) is 46.8 cm³/mol. The van der Waals surface area contributed by atoms with Crippen molar-refractivity contribution in [3.05, 3.63) is 24.5 Å². The Kier molecular flexibility index (Phi) is 1.96. The lowest BCUT2D eigenvalue weighted by Crippen LogP contribution is -2.28. The van der Waals surface area contributed by atoms with Crippen LogP contribution >= 0.6 is 0 Å². The summed E-state index contributed by atoms with van der Waals surface area (Å²) in [4.78, 5) is 5.94. The van der Waals surface area contributed by atoms with Crippen LogP contribution in [0.15, 0.2) is 24.5 Å². The van der Waals surface area contributed by atoms with E-state index in [9.17, 15) is 5.11 Å². The van der Waals surface area contributed by atoms with Gasteiger partial charge in [0, 0.05) is 24.6 Å². The van der Waals surface area contributed by atoms with Crippen LogP contribution in [0.5, 0.6) is 0 Å². The van der Waals surface area contributed by atoms with Crippen LogP contribution in [0.3, 0.4) is 0 Å². The van der Waals surface area contributed by atoms with E-state index in [1.165, 1.54) is 0 Å². The van der Waals surface area contributed by atoms with E-state index < -0.39 is 0 Å². The first-order valence-corrected chi connectivity index (χ1v) is 4.22. The Morgan fingerprint density at radius 1 is 1.42 bits per heavy atom. The Balaban J connectivity index is 2.19. The van der Waals surface area contributed by atoms with Crippen molar-refractivity contribution in [1.82, 2.24) is 4.98 Å². The number of hydrogen-bond donors (Lipinski definition) is 1. The maximum Gasteiger partial charge on any atom is 0.126 e. The van der Waals surface area contributed by atoms with Crippen molar-refractivity contribution in [2.24, 2.45) is 0 Å². The number of aliphatic hydroxyl groups is 1. The maximum atomic E-state index is 9.55. The van der Waals surface area contributed by atoms with Gasteiger partial charge in [0.15, 0.2) is 0 Å². The van der Waals surface area contributed by atoms with Crippen LogP contribution in [0, 0.1) is 0 Å². The Labute approximate surface area is 71.7 Å². The molecule has 1 aliphatic rings. The molecule has 64 valence electrons. The molecule has 0 aliphatic carbocycles.